The monoisotopic (exact) mass is 299 g/mol. The fraction of sp³-hybridized carbons (Fsp3) is 0.455. The number of aromatic hydroxyl groups is 1. The Morgan fingerprint density at radius 1 is 1.45 bits per heavy atom. The predicted octanol–water partition coefficient (Wildman–Crippen LogP) is 2.85. The van der Waals surface area contributed by atoms with Crippen molar-refractivity contribution >= 4 is 5.97 Å². The molecule has 1 aromatic rings. The summed E-state index contributed by atoms with van der Waals surface area (Å²) in [4.78, 5) is 14.3. The van der Waals surface area contributed by atoms with Gasteiger partial charge in [-0.25, -0.2) is 13.8 Å². The van der Waals surface area contributed by atoms with Crippen molar-refractivity contribution in [1.29, 1.82) is 0 Å². The molecule has 9 heteroatoms. The van der Waals surface area contributed by atoms with E-state index in [1.54, 1.807) is 0 Å². The molecular formula is C11H10F5NO3. The summed E-state index contributed by atoms with van der Waals surface area (Å²) in [5, 5.41) is 9.41. The molecule has 0 spiro atoms. The Morgan fingerprint density at radius 3 is 2.50 bits per heavy atom. The predicted molar refractivity (Wildman–Crippen MR) is 56.2 cm³/mol. The van der Waals surface area contributed by atoms with Crippen LogP contribution in [0.1, 0.15) is 30.3 Å². The zero-order chi connectivity index (χ0) is 15.5. The molecule has 1 aromatic heterocycles. The molecule has 0 atom stereocenters. The number of rotatable bonds is 4. The number of halogens is 5. The van der Waals surface area contributed by atoms with E-state index in [9.17, 15) is 31.9 Å². The van der Waals surface area contributed by atoms with Crippen LogP contribution < -0.4 is 0 Å². The lowest BCUT2D eigenvalue weighted by molar-refractivity contribution is -0.143. The van der Waals surface area contributed by atoms with Crippen LogP contribution in [0.3, 0.4) is 0 Å². The van der Waals surface area contributed by atoms with Gasteiger partial charge in [-0.15, -0.1) is 0 Å². The van der Waals surface area contributed by atoms with Gasteiger partial charge in [0.2, 0.25) is 0 Å². The molecule has 0 radical (unpaired) electrons. The molecule has 0 aliphatic carbocycles. The molecule has 0 unspecified atom stereocenters. The zero-order valence-corrected chi connectivity index (χ0v) is 10.2. The number of hydrogen-bond acceptors (Lipinski definition) is 4. The standard InChI is InChI=1S/C11H10F5NO3/c1-2-20-8(18)4-6-9(19)5(11(14,15)16)3-7(17-6)10(12)13/h3,10,19H,2,4H2,1H3. The van der Waals surface area contributed by atoms with E-state index in [1.807, 2.05) is 0 Å². The van der Waals surface area contributed by atoms with Gasteiger partial charge in [-0.2, -0.15) is 13.2 Å². The first-order chi connectivity index (χ1) is 9.16. The molecule has 1 rings (SSSR count). The van der Waals surface area contributed by atoms with E-state index < -0.39 is 47.7 Å². The smallest absolute Gasteiger partial charge is 0.420 e. The minimum atomic E-state index is -5.04. The molecule has 0 saturated carbocycles. The summed E-state index contributed by atoms with van der Waals surface area (Å²) in [5.41, 5.74) is -3.63. The maximum Gasteiger partial charge on any atom is 0.420 e. The Balaban J connectivity index is 3.28. The highest BCUT2D eigenvalue weighted by Crippen LogP contribution is 2.39. The molecule has 0 aliphatic rings. The molecule has 0 bridgehead atoms. The lowest BCUT2D eigenvalue weighted by Gasteiger charge is -2.13. The first-order valence-corrected chi connectivity index (χ1v) is 5.40. The first-order valence-electron chi connectivity index (χ1n) is 5.40. The summed E-state index contributed by atoms with van der Waals surface area (Å²) in [6, 6.07) is 0.0503. The second-order valence-corrected chi connectivity index (χ2v) is 3.67. The fourth-order valence-corrected chi connectivity index (χ4v) is 1.41. The summed E-state index contributed by atoms with van der Waals surface area (Å²) < 4.78 is 67.3. The number of esters is 1. The van der Waals surface area contributed by atoms with E-state index in [-0.39, 0.29) is 12.7 Å². The van der Waals surface area contributed by atoms with Crippen LogP contribution in [-0.4, -0.2) is 22.7 Å². The van der Waals surface area contributed by atoms with Crippen molar-refractivity contribution in [2.45, 2.75) is 25.9 Å². The molecule has 0 saturated heterocycles. The van der Waals surface area contributed by atoms with Crippen LogP contribution in [0.15, 0.2) is 6.07 Å². The third-order valence-electron chi connectivity index (χ3n) is 2.23. The van der Waals surface area contributed by atoms with Crippen LogP contribution in [0.4, 0.5) is 22.0 Å². The van der Waals surface area contributed by atoms with E-state index in [1.165, 1.54) is 6.92 Å². The van der Waals surface area contributed by atoms with Crippen molar-refractivity contribution in [3.05, 3.63) is 23.0 Å². The number of alkyl halides is 5. The molecule has 0 amide bonds. The zero-order valence-electron chi connectivity index (χ0n) is 10.2. The van der Waals surface area contributed by atoms with Gasteiger partial charge in [-0.1, -0.05) is 0 Å². The number of ether oxygens (including phenoxy) is 1. The number of carbonyl (C=O) groups is 1. The van der Waals surface area contributed by atoms with Gasteiger partial charge in [-0.05, 0) is 13.0 Å². The molecule has 20 heavy (non-hydrogen) atoms. The van der Waals surface area contributed by atoms with Crippen LogP contribution >= 0.6 is 0 Å². The average molecular weight is 299 g/mol. The average Bonchev–Trinajstić information content (AvgIpc) is 2.30. The number of aromatic nitrogens is 1. The number of nitrogens with zero attached hydrogens (tertiary/aromatic N) is 1. The molecule has 0 fully saturated rings. The van der Waals surface area contributed by atoms with Crippen LogP contribution in [0.5, 0.6) is 5.75 Å². The van der Waals surface area contributed by atoms with E-state index in [0.717, 1.165) is 0 Å². The van der Waals surface area contributed by atoms with E-state index in [2.05, 4.69) is 9.72 Å². The summed E-state index contributed by atoms with van der Waals surface area (Å²) in [7, 11) is 0. The van der Waals surface area contributed by atoms with Gasteiger partial charge < -0.3 is 9.84 Å². The highest BCUT2D eigenvalue weighted by Gasteiger charge is 2.37. The van der Waals surface area contributed by atoms with E-state index in [0.29, 0.717) is 0 Å². The minimum Gasteiger partial charge on any atom is -0.505 e. The van der Waals surface area contributed by atoms with Gasteiger partial charge in [0.25, 0.3) is 6.43 Å². The Morgan fingerprint density at radius 2 is 2.05 bits per heavy atom. The highest BCUT2D eigenvalue weighted by molar-refractivity contribution is 5.73. The van der Waals surface area contributed by atoms with E-state index in [4.69, 9.17) is 0 Å². The fourth-order valence-electron chi connectivity index (χ4n) is 1.41. The van der Waals surface area contributed by atoms with Crippen molar-refractivity contribution in [2.24, 2.45) is 0 Å². The van der Waals surface area contributed by atoms with Gasteiger partial charge in [0.15, 0.2) is 0 Å². The van der Waals surface area contributed by atoms with Crippen molar-refractivity contribution in [1.82, 2.24) is 4.98 Å². The Kier molecular flexibility index (Phi) is 4.85. The van der Waals surface area contributed by atoms with Gasteiger partial charge >= 0.3 is 12.1 Å². The highest BCUT2D eigenvalue weighted by atomic mass is 19.4. The Bertz CT molecular complexity index is 502. The lowest BCUT2D eigenvalue weighted by Crippen LogP contribution is -2.14. The summed E-state index contributed by atoms with van der Waals surface area (Å²) >= 11 is 0. The van der Waals surface area contributed by atoms with Crippen LogP contribution in [-0.2, 0) is 22.1 Å². The van der Waals surface area contributed by atoms with Crippen molar-refractivity contribution in [3.8, 4) is 5.75 Å². The Labute approximate surface area is 110 Å². The van der Waals surface area contributed by atoms with Crippen LogP contribution in [0.2, 0.25) is 0 Å². The topological polar surface area (TPSA) is 59.4 Å². The molecule has 1 N–H and O–H groups in total. The maximum atomic E-state index is 12.6. The summed E-state index contributed by atoms with van der Waals surface area (Å²) in [5.74, 6) is -2.33. The van der Waals surface area contributed by atoms with Gasteiger partial charge in [0, 0.05) is 0 Å². The van der Waals surface area contributed by atoms with Gasteiger partial charge in [0.05, 0.1) is 18.7 Å². The molecule has 0 aliphatic heterocycles. The quantitative estimate of drug-likeness (QED) is 0.686. The largest absolute Gasteiger partial charge is 0.505 e. The minimum absolute atomic E-state index is 0.0414. The molecule has 112 valence electrons. The van der Waals surface area contributed by atoms with Crippen molar-refractivity contribution in [2.75, 3.05) is 6.61 Å². The van der Waals surface area contributed by atoms with Crippen molar-refractivity contribution in [3.63, 3.8) is 0 Å². The van der Waals surface area contributed by atoms with Crippen molar-refractivity contribution < 1.29 is 36.6 Å². The normalized spacial score (nSPS) is 11.8. The van der Waals surface area contributed by atoms with Gasteiger partial charge in [-0.3, -0.25) is 4.79 Å². The first kappa shape index (κ1) is 16.1. The molecular weight excluding hydrogens is 289 g/mol. The van der Waals surface area contributed by atoms with Crippen LogP contribution in [0, 0.1) is 0 Å². The number of pyridine rings is 1. The molecule has 4 nitrogen and oxygen atoms in total. The van der Waals surface area contributed by atoms with Gasteiger partial charge in [0.1, 0.15) is 17.0 Å². The Hall–Kier alpha value is -1.93. The third kappa shape index (κ3) is 3.78. The number of carbonyl (C=O) groups excluding carboxylic acids is 1. The molecule has 1 heterocycles. The summed E-state index contributed by atoms with van der Waals surface area (Å²) in [6.07, 6.45) is -9.14. The second kappa shape index (κ2) is 6.02. The maximum absolute atomic E-state index is 12.6. The number of hydrogen-bond donors (Lipinski definition) is 1. The summed E-state index contributed by atoms with van der Waals surface area (Å²) in [6.45, 7) is 1.42. The van der Waals surface area contributed by atoms with Crippen LogP contribution in [0.25, 0.3) is 0 Å². The van der Waals surface area contributed by atoms with E-state index >= 15 is 0 Å². The third-order valence-corrected chi connectivity index (χ3v) is 2.23. The lowest BCUT2D eigenvalue weighted by atomic mass is 10.1. The SMILES string of the molecule is CCOC(=O)Cc1nc(C(F)F)cc(C(F)(F)F)c1O. The second-order valence-electron chi connectivity index (χ2n) is 3.67. The molecule has 0 aromatic carbocycles.